The third-order valence-electron chi connectivity index (χ3n) is 3.50. The van der Waals surface area contributed by atoms with Crippen molar-refractivity contribution in [2.75, 3.05) is 5.32 Å². The average Bonchev–Trinajstić information content (AvgIpc) is 2.83. The number of carboxylic acids is 1. The highest BCUT2D eigenvalue weighted by Gasteiger charge is 2.36. The molecule has 1 aromatic carbocycles. The van der Waals surface area contributed by atoms with Gasteiger partial charge in [-0.05, 0) is 32.0 Å². The maximum atomic E-state index is 12.6. The predicted octanol–water partition coefficient (Wildman–Crippen LogP) is 4.94. The van der Waals surface area contributed by atoms with Gasteiger partial charge in [0, 0.05) is 17.8 Å². The number of nitrogens with zero attached hydrogens (tertiary/aromatic N) is 2. The number of rotatable bonds is 5. The SMILES string of the molecule is CCn1nc(C(=O)O)c(Cl)c1-c1ccc(NC(C)C(F)(F)F)cc1Cl. The number of hydrogen-bond acceptors (Lipinski definition) is 3. The first-order valence-corrected chi connectivity index (χ1v) is 7.94. The fraction of sp³-hybridized carbons (Fsp3) is 0.333. The van der Waals surface area contributed by atoms with Crippen molar-refractivity contribution in [2.24, 2.45) is 0 Å². The lowest BCUT2D eigenvalue weighted by Gasteiger charge is -2.19. The molecule has 10 heteroatoms. The molecule has 0 aliphatic rings. The van der Waals surface area contributed by atoms with Crippen molar-refractivity contribution in [2.45, 2.75) is 32.6 Å². The Morgan fingerprint density at radius 3 is 2.52 bits per heavy atom. The van der Waals surface area contributed by atoms with Crippen LogP contribution in [0.5, 0.6) is 0 Å². The van der Waals surface area contributed by atoms with Gasteiger partial charge >= 0.3 is 12.1 Å². The van der Waals surface area contributed by atoms with Crippen molar-refractivity contribution in [1.82, 2.24) is 9.78 Å². The maximum absolute atomic E-state index is 12.6. The van der Waals surface area contributed by atoms with Gasteiger partial charge in [0.2, 0.25) is 0 Å². The van der Waals surface area contributed by atoms with Gasteiger partial charge in [-0.15, -0.1) is 0 Å². The Morgan fingerprint density at radius 1 is 1.40 bits per heavy atom. The summed E-state index contributed by atoms with van der Waals surface area (Å²) in [6.07, 6.45) is -4.40. The van der Waals surface area contributed by atoms with E-state index in [9.17, 15) is 18.0 Å². The molecule has 0 aliphatic carbocycles. The molecule has 25 heavy (non-hydrogen) atoms. The number of aromatic nitrogens is 2. The molecule has 0 spiro atoms. The first-order chi connectivity index (χ1) is 11.6. The minimum Gasteiger partial charge on any atom is -0.476 e. The summed E-state index contributed by atoms with van der Waals surface area (Å²) in [6, 6.07) is 2.45. The van der Waals surface area contributed by atoms with Gasteiger partial charge in [-0.1, -0.05) is 23.2 Å². The summed E-state index contributed by atoms with van der Waals surface area (Å²) in [6.45, 7) is 3.07. The highest BCUT2D eigenvalue weighted by Crippen LogP contribution is 2.37. The van der Waals surface area contributed by atoms with Crippen LogP contribution < -0.4 is 5.32 Å². The first-order valence-electron chi connectivity index (χ1n) is 7.19. The van der Waals surface area contributed by atoms with Crippen molar-refractivity contribution in [1.29, 1.82) is 0 Å². The molecule has 0 amide bonds. The second-order valence-corrected chi connectivity index (χ2v) is 6.02. The van der Waals surface area contributed by atoms with E-state index in [1.165, 1.54) is 22.9 Å². The molecule has 1 atom stereocenters. The predicted molar refractivity (Wildman–Crippen MR) is 89.5 cm³/mol. The molecular formula is C15H14Cl2F3N3O2. The standard InChI is InChI=1S/C15H14Cl2F3N3O2/c1-3-23-13(11(17)12(22-23)14(24)25)9-5-4-8(6-10(9)16)21-7(2)15(18,19)20/h4-7,21H,3H2,1-2H3,(H,24,25). The summed E-state index contributed by atoms with van der Waals surface area (Å²) in [4.78, 5) is 11.2. The van der Waals surface area contributed by atoms with Gasteiger partial charge in [0.25, 0.3) is 0 Å². The van der Waals surface area contributed by atoms with Gasteiger partial charge in [0.05, 0.1) is 10.7 Å². The van der Waals surface area contributed by atoms with E-state index in [4.69, 9.17) is 28.3 Å². The fourth-order valence-electron chi connectivity index (χ4n) is 2.19. The smallest absolute Gasteiger partial charge is 0.408 e. The Morgan fingerprint density at radius 2 is 2.04 bits per heavy atom. The number of anilines is 1. The maximum Gasteiger partial charge on any atom is 0.408 e. The van der Waals surface area contributed by atoms with Crippen LogP contribution in [0.1, 0.15) is 24.3 Å². The molecule has 0 aliphatic heterocycles. The zero-order chi connectivity index (χ0) is 18.9. The molecular weight excluding hydrogens is 382 g/mol. The lowest BCUT2D eigenvalue weighted by atomic mass is 10.1. The van der Waals surface area contributed by atoms with Crippen molar-refractivity contribution in [3.63, 3.8) is 0 Å². The molecule has 136 valence electrons. The van der Waals surface area contributed by atoms with Crippen molar-refractivity contribution in [3.8, 4) is 11.3 Å². The van der Waals surface area contributed by atoms with Crippen molar-refractivity contribution in [3.05, 3.63) is 33.9 Å². The molecule has 0 radical (unpaired) electrons. The molecule has 2 N–H and O–H groups in total. The van der Waals surface area contributed by atoms with E-state index >= 15 is 0 Å². The van der Waals surface area contributed by atoms with Crippen LogP contribution in [0.4, 0.5) is 18.9 Å². The van der Waals surface area contributed by atoms with Gasteiger partial charge in [-0.2, -0.15) is 18.3 Å². The lowest BCUT2D eigenvalue weighted by molar-refractivity contribution is -0.138. The van der Waals surface area contributed by atoms with Crippen LogP contribution in [0.2, 0.25) is 10.0 Å². The highest BCUT2D eigenvalue weighted by molar-refractivity contribution is 6.38. The van der Waals surface area contributed by atoms with Crippen LogP contribution >= 0.6 is 23.2 Å². The molecule has 1 unspecified atom stereocenters. The number of carboxylic acid groups (broad SMARTS) is 1. The molecule has 0 saturated heterocycles. The molecule has 1 heterocycles. The van der Waals surface area contributed by atoms with Crippen LogP contribution in [0, 0.1) is 0 Å². The molecule has 2 rings (SSSR count). The Balaban J connectivity index is 2.44. The highest BCUT2D eigenvalue weighted by atomic mass is 35.5. The normalized spacial score (nSPS) is 12.9. The topological polar surface area (TPSA) is 67.2 Å². The zero-order valence-corrected chi connectivity index (χ0v) is 14.7. The van der Waals surface area contributed by atoms with Crippen LogP contribution in [0.25, 0.3) is 11.3 Å². The molecule has 0 saturated carbocycles. The number of nitrogens with one attached hydrogen (secondary N) is 1. The van der Waals surface area contributed by atoms with E-state index in [-0.39, 0.29) is 21.4 Å². The summed E-state index contributed by atoms with van der Waals surface area (Å²) >= 11 is 12.3. The number of halogens is 5. The van der Waals surface area contributed by atoms with Crippen LogP contribution in [0.3, 0.4) is 0 Å². The second kappa shape index (κ2) is 7.13. The Kier molecular flexibility index (Phi) is 5.53. The average molecular weight is 396 g/mol. The van der Waals surface area contributed by atoms with Crippen molar-refractivity contribution >= 4 is 34.9 Å². The van der Waals surface area contributed by atoms with E-state index in [2.05, 4.69) is 10.4 Å². The summed E-state index contributed by atoms with van der Waals surface area (Å²) in [5, 5.41) is 15.4. The van der Waals surface area contributed by atoms with Gasteiger partial charge in [-0.25, -0.2) is 4.79 Å². The quantitative estimate of drug-likeness (QED) is 0.752. The third-order valence-corrected chi connectivity index (χ3v) is 4.17. The number of hydrogen-bond donors (Lipinski definition) is 2. The Bertz CT molecular complexity index is 806. The summed E-state index contributed by atoms with van der Waals surface area (Å²) < 4.78 is 39.3. The minimum atomic E-state index is -4.40. The number of aromatic carboxylic acids is 1. The number of aryl methyl sites for hydroxylation is 1. The summed E-state index contributed by atoms with van der Waals surface area (Å²) in [5.74, 6) is -1.29. The number of benzene rings is 1. The zero-order valence-electron chi connectivity index (χ0n) is 13.2. The van der Waals surface area contributed by atoms with E-state index in [0.717, 1.165) is 6.92 Å². The number of carbonyl (C=O) groups is 1. The monoisotopic (exact) mass is 395 g/mol. The van der Waals surface area contributed by atoms with Crippen molar-refractivity contribution < 1.29 is 23.1 Å². The summed E-state index contributed by atoms with van der Waals surface area (Å²) in [7, 11) is 0. The van der Waals surface area contributed by atoms with Gasteiger partial charge in [-0.3, -0.25) is 4.68 Å². The molecule has 0 fully saturated rings. The Hall–Kier alpha value is -1.93. The molecule has 0 bridgehead atoms. The van der Waals surface area contributed by atoms with Gasteiger partial charge < -0.3 is 10.4 Å². The van der Waals surface area contributed by atoms with Crippen LogP contribution in [-0.4, -0.2) is 33.1 Å². The minimum absolute atomic E-state index is 0.0828. The molecule has 2 aromatic rings. The number of alkyl halides is 3. The first kappa shape index (κ1) is 19.4. The largest absolute Gasteiger partial charge is 0.476 e. The fourth-order valence-corrected chi connectivity index (χ4v) is 2.78. The van der Waals surface area contributed by atoms with E-state index in [1.807, 2.05) is 0 Å². The molecule has 5 nitrogen and oxygen atoms in total. The second-order valence-electron chi connectivity index (χ2n) is 5.23. The lowest BCUT2D eigenvalue weighted by Crippen LogP contribution is -2.33. The van der Waals surface area contributed by atoms with E-state index < -0.39 is 18.2 Å². The molecule has 1 aromatic heterocycles. The van der Waals surface area contributed by atoms with Gasteiger partial charge in [0.15, 0.2) is 5.69 Å². The van der Waals surface area contributed by atoms with Crippen LogP contribution in [0.15, 0.2) is 18.2 Å². The van der Waals surface area contributed by atoms with E-state index in [1.54, 1.807) is 6.92 Å². The summed E-state index contributed by atoms with van der Waals surface area (Å²) in [5.41, 5.74) is 0.527. The van der Waals surface area contributed by atoms with E-state index in [0.29, 0.717) is 17.8 Å². The van der Waals surface area contributed by atoms with Crippen LogP contribution in [-0.2, 0) is 6.54 Å². The van der Waals surface area contributed by atoms with Gasteiger partial charge in [0.1, 0.15) is 11.1 Å². The third kappa shape index (κ3) is 4.01. The Labute approximate surface area is 151 Å².